The van der Waals surface area contributed by atoms with Gasteiger partial charge in [0, 0.05) is 49.4 Å². The van der Waals surface area contributed by atoms with E-state index in [2.05, 4.69) is 226 Å². The lowest BCUT2D eigenvalue weighted by atomic mass is 9.95. The van der Waals surface area contributed by atoms with Gasteiger partial charge in [0.15, 0.2) is 0 Å². The second kappa shape index (κ2) is 12.7. The monoisotopic (exact) mass is 765 g/mol. The smallest absolute Gasteiger partial charge is 0.213 e. The fourth-order valence-electron chi connectivity index (χ4n) is 9.88. The van der Waals surface area contributed by atoms with E-state index in [9.17, 15) is 0 Å². The third-order valence-corrected chi connectivity index (χ3v) is 12.4. The van der Waals surface area contributed by atoms with Crippen LogP contribution in [0.2, 0.25) is 0 Å². The van der Waals surface area contributed by atoms with Crippen LogP contribution in [-0.2, 0) is 0 Å². The molecule has 4 heteroatoms. The number of benzene rings is 9. The van der Waals surface area contributed by atoms with Gasteiger partial charge in [0.25, 0.3) is 0 Å². The van der Waals surface area contributed by atoms with Crippen molar-refractivity contribution in [2.24, 2.45) is 0 Å². The zero-order valence-electron chi connectivity index (χ0n) is 32.5. The van der Waals surface area contributed by atoms with Crippen LogP contribution < -0.4 is 0 Å². The summed E-state index contributed by atoms with van der Waals surface area (Å²) in [7, 11) is 0. The Morgan fingerprint density at radius 2 is 0.783 bits per heavy atom. The van der Waals surface area contributed by atoms with E-state index in [1.165, 1.54) is 49.0 Å². The Balaban J connectivity index is 0.953. The van der Waals surface area contributed by atoms with Gasteiger partial charge in [0.2, 0.25) is 5.71 Å². The number of nitrogens with zero attached hydrogens (tertiary/aromatic N) is 3. The molecule has 9 aromatic carbocycles. The van der Waals surface area contributed by atoms with E-state index in [0.717, 1.165) is 66.9 Å². The molecule has 0 aliphatic carbocycles. The molecule has 0 saturated heterocycles. The van der Waals surface area contributed by atoms with E-state index in [0.29, 0.717) is 0 Å². The van der Waals surface area contributed by atoms with Crippen molar-refractivity contribution in [2.45, 2.75) is 0 Å². The van der Waals surface area contributed by atoms with E-state index in [-0.39, 0.29) is 0 Å². The number of rotatable bonds is 5. The minimum Gasteiger partial charge on any atom is -0.439 e. The van der Waals surface area contributed by atoms with E-state index in [1.807, 2.05) is 0 Å². The van der Waals surface area contributed by atoms with Crippen molar-refractivity contribution in [3.8, 4) is 39.3 Å². The first kappa shape index (κ1) is 32.9. The van der Waals surface area contributed by atoms with Gasteiger partial charge in [0.05, 0.1) is 33.0 Å². The molecule has 4 aromatic heterocycles. The van der Waals surface area contributed by atoms with Crippen molar-refractivity contribution in [1.29, 1.82) is 0 Å². The third kappa shape index (κ3) is 4.73. The van der Waals surface area contributed by atoms with Gasteiger partial charge in [-0.05, 0) is 101 Å². The topological polar surface area (TPSA) is 27.9 Å². The van der Waals surface area contributed by atoms with Gasteiger partial charge in [-0.1, -0.05) is 133 Å². The van der Waals surface area contributed by atoms with E-state index in [4.69, 9.17) is 4.42 Å². The first-order valence-electron chi connectivity index (χ1n) is 20.5. The second-order valence-corrected chi connectivity index (χ2v) is 15.7. The molecular formula is C56H35N3O. The molecular weight excluding hydrogens is 731 g/mol. The molecule has 4 heterocycles. The van der Waals surface area contributed by atoms with Gasteiger partial charge in [-0.2, -0.15) is 0 Å². The standard InChI is InChI=1S/C56H35N3O/c1-2-18-39(19-3-1)59-51-29-11-7-24-46(51)55-54-42(25-14-30-53(54)60-56(55)59)38-17-12-15-36(33-38)37-16-13-20-40(34-37)57-50-28-10-6-23-45(50)47-35-41(31-32-52(47)57)58-48-26-8-4-21-43(48)44-22-5-9-27-49(44)58/h1-35H. The van der Waals surface area contributed by atoms with Crippen LogP contribution >= 0.6 is 0 Å². The number of aromatic nitrogens is 3. The normalized spacial score (nSPS) is 12.0. The summed E-state index contributed by atoms with van der Waals surface area (Å²) >= 11 is 0. The first-order chi connectivity index (χ1) is 29.8. The highest BCUT2D eigenvalue weighted by Gasteiger charge is 2.22. The SMILES string of the molecule is c1ccc(-n2c3ccccc3c3c4c(-c5cccc(-c6cccc(-n7c8ccccc8c8cc(-n9c%10ccccc%10c%10ccccc%109)ccc87)c6)c5)cccc4oc32)cc1. The Kier molecular flexibility index (Phi) is 6.98. The molecule has 13 rings (SSSR count). The summed E-state index contributed by atoms with van der Waals surface area (Å²) in [5, 5.41) is 8.44. The fraction of sp³-hybridized carbons (Fsp3) is 0. The summed E-state index contributed by atoms with van der Waals surface area (Å²) in [4.78, 5) is 0. The number of hydrogen-bond acceptors (Lipinski definition) is 1. The molecule has 0 aliphatic rings. The molecule has 0 radical (unpaired) electrons. The van der Waals surface area contributed by atoms with Gasteiger partial charge in [0.1, 0.15) is 5.58 Å². The Morgan fingerprint density at radius 1 is 0.283 bits per heavy atom. The minimum absolute atomic E-state index is 0.863. The maximum atomic E-state index is 6.75. The molecule has 0 bridgehead atoms. The van der Waals surface area contributed by atoms with Crippen LogP contribution in [-0.4, -0.2) is 13.7 Å². The largest absolute Gasteiger partial charge is 0.439 e. The van der Waals surface area contributed by atoms with E-state index in [1.54, 1.807) is 0 Å². The summed E-state index contributed by atoms with van der Waals surface area (Å²) in [6, 6.07) is 76.6. The molecule has 0 N–H and O–H groups in total. The predicted octanol–water partition coefficient (Wildman–Crippen LogP) is 15.1. The number of hydrogen-bond donors (Lipinski definition) is 0. The highest BCUT2D eigenvalue weighted by Crippen LogP contribution is 2.44. The lowest BCUT2D eigenvalue weighted by Gasteiger charge is -2.12. The quantitative estimate of drug-likeness (QED) is 0.171. The highest BCUT2D eigenvalue weighted by molar-refractivity contribution is 6.23. The average molecular weight is 766 g/mol. The van der Waals surface area contributed by atoms with Crippen LogP contribution in [0.4, 0.5) is 0 Å². The Hall–Kier alpha value is -8.08. The van der Waals surface area contributed by atoms with Crippen molar-refractivity contribution in [1.82, 2.24) is 13.7 Å². The van der Waals surface area contributed by atoms with Crippen molar-refractivity contribution in [3.05, 3.63) is 212 Å². The van der Waals surface area contributed by atoms with Gasteiger partial charge < -0.3 is 13.6 Å². The van der Waals surface area contributed by atoms with Gasteiger partial charge >= 0.3 is 0 Å². The molecule has 280 valence electrons. The molecule has 0 atom stereocenters. The molecule has 60 heavy (non-hydrogen) atoms. The summed E-state index contributed by atoms with van der Waals surface area (Å²) < 4.78 is 13.8. The Morgan fingerprint density at radius 3 is 1.48 bits per heavy atom. The van der Waals surface area contributed by atoms with Crippen LogP contribution in [0.3, 0.4) is 0 Å². The number of fused-ring (bicyclic) bond motifs is 11. The van der Waals surface area contributed by atoms with Crippen LogP contribution in [0.5, 0.6) is 0 Å². The lowest BCUT2D eigenvalue weighted by Crippen LogP contribution is -1.96. The first-order valence-corrected chi connectivity index (χ1v) is 20.5. The van der Waals surface area contributed by atoms with Crippen molar-refractivity contribution >= 4 is 76.6 Å². The molecule has 0 spiro atoms. The number of furan rings is 1. The zero-order valence-corrected chi connectivity index (χ0v) is 32.5. The number of para-hydroxylation sites is 5. The summed E-state index contributed by atoms with van der Waals surface area (Å²) in [5.41, 5.74) is 15.6. The molecule has 0 saturated carbocycles. The summed E-state index contributed by atoms with van der Waals surface area (Å²) in [6.45, 7) is 0. The second-order valence-electron chi connectivity index (χ2n) is 15.7. The van der Waals surface area contributed by atoms with Crippen molar-refractivity contribution in [2.75, 3.05) is 0 Å². The molecule has 0 amide bonds. The predicted molar refractivity (Wildman–Crippen MR) is 250 cm³/mol. The van der Waals surface area contributed by atoms with Crippen LogP contribution in [0, 0.1) is 0 Å². The molecule has 4 nitrogen and oxygen atoms in total. The Labute approximate surface area is 345 Å². The Bertz CT molecular complexity index is 3790. The molecule has 13 aromatic rings. The molecule has 0 aliphatic heterocycles. The maximum Gasteiger partial charge on any atom is 0.213 e. The maximum absolute atomic E-state index is 6.75. The minimum atomic E-state index is 0.863. The van der Waals surface area contributed by atoms with Crippen molar-refractivity contribution < 1.29 is 4.42 Å². The lowest BCUT2D eigenvalue weighted by molar-refractivity contribution is 0.645. The zero-order chi connectivity index (χ0) is 39.3. The van der Waals surface area contributed by atoms with Crippen molar-refractivity contribution in [3.63, 3.8) is 0 Å². The van der Waals surface area contributed by atoms with E-state index >= 15 is 0 Å². The van der Waals surface area contributed by atoms with Crippen LogP contribution in [0.25, 0.3) is 116 Å². The van der Waals surface area contributed by atoms with Crippen LogP contribution in [0.15, 0.2) is 217 Å². The average Bonchev–Trinajstić information content (AvgIpc) is 4.05. The van der Waals surface area contributed by atoms with Gasteiger partial charge in [-0.25, -0.2) is 0 Å². The molecule has 0 unspecified atom stereocenters. The third-order valence-electron chi connectivity index (χ3n) is 12.4. The molecule has 0 fully saturated rings. The van der Waals surface area contributed by atoms with Gasteiger partial charge in [-0.3, -0.25) is 4.57 Å². The highest BCUT2D eigenvalue weighted by atomic mass is 16.3. The summed E-state index contributed by atoms with van der Waals surface area (Å²) in [5.74, 6) is 0. The summed E-state index contributed by atoms with van der Waals surface area (Å²) in [6.07, 6.45) is 0. The van der Waals surface area contributed by atoms with Gasteiger partial charge in [-0.15, -0.1) is 0 Å². The fourth-order valence-corrected chi connectivity index (χ4v) is 9.88. The van der Waals surface area contributed by atoms with E-state index < -0.39 is 0 Å². The van der Waals surface area contributed by atoms with Crippen LogP contribution in [0.1, 0.15) is 0 Å².